The first kappa shape index (κ1) is 6.09. The van der Waals surface area contributed by atoms with Crippen LogP contribution in [0.25, 0.3) is 11.0 Å². The SMILES string of the molecule is Nc1ncc(F)c2nc[nH]c12. The number of pyridine rings is 1. The Morgan fingerprint density at radius 1 is 1.45 bits per heavy atom. The highest BCUT2D eigenvalue weighted by Gasteiger charge is 2.05. The Bertz CT molecular complexity index is 358. The van der Waals surface area contributed by atoms with Gasteiger partial charge < -0.3 is 10.7 Å². The topological polar surface area (TPSA) is 67.6 Å². The molecular weight excluding hydrogens is 147 g/mol. The van der Waals surface area contributed by atoms with Crippen LogP contribution in [0.3, 0.4) is 0 Å². The Kier molecular flexibility index (Phi) is 1.06. The van der Waals surface area contributed by atoms with Gasteiger partial charge in [-0.25, -0.2) is 14.4 Å². The van der Waals surface area contributed by atoms with E-state index in [9.17, 15) is 4.39 Å². The van der Waals surface area contributed by atoms with E-state index in [0.29, 0.717) is 5.52 Å². The van der Waals surface area contributed by atoms with Crippen LogP contribution in [0.2, 0.25) is 0 Å². The molecule has 0 saturated carbocycles. The number of nitrogen functional groups attached to an aromatic ring is 1. The molecule has 0 fully saturated rings. The Hall–Kier alpha value is -1.65. The molecule has 2 rings (SSSR count). The lowest BCUT2D eigenvalue weighted by Gasteiger charge is -1.93. The quantitative estimate of drug-likeness (QED) is 0.583. The maximum atomic E-state index is 12.8. The van der Waals surface area contributed by atoms with Gasteiger partial charge in [0.1, 0.15) is 16.9 Å². The van der Waals surface area contributed by atoms with Crippen LogP contribution in [0.5, 0.6) is 0 Å². The highest BCUT2D eigenvalue weighted by molar-refractivity contribution is 5.84. The van der Waals surface area contributed by atoms with E-state index in [4.69, 9.17) is 5.73 Å². The smallest absolute Gasteiger partial charge is 0.169 e. The molecule has 0 radical (unpaired) electrons. The summed E-state index contributed by atoms with van der Waals surface area (Å²) in [6.45, 7) is 0. The lowest BCUT2D eigenvalue weighted by molar-refractivity contribution is 0.632. The number of nitrogens with one attached hydrogen (secondary N) is 1. The molecule has 5 heteroatoms. The van der Waals surface area contributed by atoms with Crippen LogP contribution in [0.1, 0.15) is 0 Å². The standard InChI is InChI=1S/C6H5FN4/c7-3-1-9-6(8)5-4(3)10-2-11-5/h1-2H,(H2,8,9)(H,10,11). The number of fused-ring (bicyclic) bond motifs is 1. The summed E-state index contributed by atoms with van der Waals surface area (Å²) in [6, 6.07) is 0. The Balaban J connectivity index is 2.96. The Morgan fingerprint density at radius 2 is 2.27 bits per heavy atom. The van der Waals surface area contributed by atoms with E-state index in [1.54, 1.807) is 0 Å². The summed E-state index contributed by atoms with van der Waals surface area (Å²) >= 11 is 0. The van der Waals surface area contributed by atoms with Gasteiger partial charge in [0.2, 0.25) is 0 Å². The molecule has 0 aliphatic heterocycles. The number of halogens is 1. The van der Waals surface area contributed by atoms with E-state index in [2.05, 4.69) is 15.0 Å². The van der Waals surface area contributed by atoms with E-state index >= 15 is 0 Å². The van der Waals surface area contributed by atoms with Gasteiger partial charge in [0, 0.05) is 0 Å². The first-order valence-electron chi connectivity index (χ1n) is 3.02. The predicted molar refractivity (Wildman–Crippen MR) is 38.3 cm³/mol. The highest BCUT2D eigenvalue weighted by Crippen LogP contribution is 2.16. The zero-order valence-corrected chi connectivity index (χ0v) is 5.50. The lowest BCUT2D eigenvalue weighted by atomic mass is 10.4. The fourth-order valence-corrected chi connectivity index (χ4v) is 0.923. The average Bonchev–Trinajstić information content (AvgIpc) is 2.45. The van der Waals surface area contributed by atoms with Crippen molar-refractivity contribution in [2.24, 2.45) is 0 Å². The average molecular weight is 152 g/mol. The van der Waals surface area contributed by atoms with Crippen molar-refractivity contribution in [1.29, 1.82) is 0 Å². The fraction of sp³-hybridized carbons (Fsp3) is 0. The van der Waals surface area contributed by atoms with E-state index in [1.807, 2.05) is 0 Å². The van der Waals surface area contributed by atoms with Crippen molar-refractivity contribution in [2.75, 3.05) is 5.73 Å². The number of hydrogen-bond donors (Lipinski definition) is 2. The zero-order chi connectivity index (χ0) is 7.84. The van der Waals surface area contributed by atoms with Crippen molar-refractivity contribution >= 4 is 16.9 Å². The summed E-state index contributed by atoms with van der Waals surface area (Å²) in [5.74, 6) is -0.200. The molecule has 11 heavy (non-hydrogen) atoms. The number of aromatic nitrogens is 3. The van der Waals surface area contributed by atoms with Crippen molar-refractivity contribution < 1.29 is 4.39 Å². The number of nitrogens with zero attached hydrogens (tertiary/aromatic N) is 2. The van der Waals surface area contributed by atoms with Gasteiger partial charge in [0.05, 0.1) is 12.5 Å². The van der Waals surface area contributed by atoms with Gasteiger partial charge in [0.25, 0.3) is 0 Å². The van der Waals surface area contributed by atoms with Gasteiger partial charge in [0.15, 0.2) is 5.82 Å². The molecule has 0 aliphatic rings. The molecule has 56 valence electrons. The molecule has 2 aromatic rings. The number of imidazole rings is 1. The minimum atomic E-state index is -0.463. The van der Waals surface area contributed by atoms with Crippen LogP contribution in [-0.2, 0) is 0 Å². The maximum absolute atomic E-state index is 12.8. The summed E-state index contributed by atoms with van der Waals surface area (Å²) < 4.78 is 12.8. The van der Waals surface area contributed by atoms with Crippen LogP contribution >= 0.6 is 0 Å². The third-order valence-electron chi connectivity index (χ3n) is 1.44. The summed E-state index contributed by atoms with van der Waals surface area (Å²) in [6.07, 6.45) is 2.43. The monoisotopic (exact) mass is 152 g/mol. The second kappa shape index (κ2) is 1.91. The molecule has 0 amide bonds. The Labute approximate surface area is 61.3 Å². The van der Waals surface area contributed by atoms with Gasteiger partial charge in [-0.2, -0.15) is 0 Å². The largest absolute Gasteiger partial charge is 0.382 e. The van der Waals surface area contributed by atoms with Crippen LogP contribution < -0.4 is 5.73 Å². The fourth-order valence-electron chi connectivity index (χ4n) is 0.923. The van der Waals surface area contributed by atoms with Crippen LogP contribution in [0.15, 0.2) is 12.5 Å². The van der Waals surface area contributed by atoms with Crippen molar-refractivity contribution in [3.05, 3.63) is 18.3 Å². The molecule has 2 aromatic heterocycles. The molecule has 0 unspecified atom stereocenters. The summed E-state index contributed by atoms with van der Waals surface area (Å²) in [7, 11) is 0. The molecule has 0 bridgehead atoms. The lowest BCUT2D eigenvalue weighted by Crippen LogP contribution is -1.92. The minimum absolute atomic E-state index is 0.234. The number of anilines is 1. The van der Waals surface area contributed by atoms with Crippen molar-refractivity contribution in [3.63, 3.8) is 0 Å². The number of hydrogen-bond acceptors (Lipinski definition) is 3. The molecule has 2 heterocycles. The predicted octanol–water partition coefficient (Wildman–Crippen LogP) is 0.679. The van der Waals surface area contributed by atoms with E-state index in [1.165, 1.54) is 6.33 Å². The summed E-state index contributed by atoms with van der Waals surface area (Å²) in [5, 5.41) is 0. The van der Waals surface area contributed by atoms with E-state index in [0.717, 1.165) is 6.20 Å². The molecule has 0 saturated heterocycles. The van der Waals surface area contributed by atoms with Gasteiger partial charge in [-0.15, -0.1) is 0 Å². The second-order valence-corrected chi connectivity index (χ2v) is 2.12. The van der Waals surface area contributed by atoms with E-state index in [-0.39, 0.29) is 11.3 Å². The zero-order valence-electron chi connectivity index (χ0n) is 5.50. The first-order valence-corrected chi connectivity index (χ1v) is 3.02. The van der Waals surface area contributed by atoms with Crippen LogP contribution in [0.4, 0.5) is 10.2 Å². The third kappa shape index (κ3) is 0.739. The molecule has 4 nitrogen and oxygen atoms in total. The maximum Gasteiger partial charge on any atom is 0.169 e. The normalized spacial score (nSPS) is 10.6. The third-order valence-corrected chi connectivity index (χ3v) is 1.44. The number of nitrogens with two attached hydrogens (primary N) is 1. The van der Waals surface area contributed by atoms with Crippen molar-refractivity contribution in [3.8, 4) is 0 Å². The number of aromatic amines is 1. The number of rotatable bonds is 0. The first-order chi connectivity index (χ1) is 5.29. The van der Waals surface area contributed by atoms with Crippen LogP contribution in [-0.4, -0.2) is 15.0 Å². The molecular formula is C6H5FN4. The van der Waals surface area contributed by atoms with Crippen LogP contribution in [0, 0.1) is 5.82 Å². The van der Waals surface area contributed by atoms with Crippen molar-refractivity contribution in [1.82, 2.24) is 15.0 Å². The Morgan fingerprint density at radius 3 is 3.00 bits per heavy atom. The van der Waals surface area contributed by atoms with Crippen molar-refractivity contribution in [2.45, 2.75) is 0 Å². The van der Waals surface area contributed by atoms with E-state index < -0.39 is 5.82 Å². The molecule has 3 N–H and O–H groups in total. The summed E-state index contributed by atoms with van der Waals surface area (Å²) in [5.41, 5.74) is 6.10. The molecule has 0 aromatic carbocycles. The molecule has 0 aliphatic carbocycles. The highest BCUT2D eigenvalue weighted by atomic mass is 19.1. The molecule has 0 atom stereocenters. The van der Waals surface area contributed by atoms with Gasteiger partial charge in [-0.05, 0) is 0 Å². The van der Waals surface area contributed by atoms with Gasteiger partial charge in [-0.1, -0.05) is 0 Å². The summed E-state index contributed by atoms with van der Waals surface area (Å²) in [4.78, 5) is 10.0. The minimum Gasteiger partial charge on any atom is -0.382 e. The van der Waals surface area contributed by atoms with Gasteiger partial charge in [-0.3, -0.25) is 0 Å². The number of H-pyrrole nitrogens is 1. The molecule has 0 spiro atoms. The second-order valence-electron chi connectivity index (χ2n) is 2.12. The van der Waals surface area contributed by atoms with Gasteiger partial charge >= 0.3 is 0 Å².